The molecule has 0 fully saturated rings. The number of benzene rings is 3. The number of amides is 1. The van der Waals surface area contributed by atoms with E-state index in [1.165, 1.54) is 11.0 Å². The van der Waals surface area contributed by atoms with Gasteiger partial charge in [0.1, 0.15) is 11.6 Å². The van der Waals surface area contributed by atoms with Crippen molar-refractivity contribution < 1.29 is 37.3 Å². The van der Waals surface area contributed by atoms with Gasteiger partial charge in [-0.25, -0.2) is 18.0 Å². The molecule has 0 bridgehead atoms. The van der Waals surface area contributed by atoms with Crippen LogP contribution in [0.5, 0.6) is 5.75 Å². The van der Waals surface area contributed by atoms with E-state index in [0.29, 0.717) is 65.4 Å². The Bertz CT molecular complexity index is 1580. The van der Waals surface area contributed by atoms with Crippen molar-refractivity contribution in [1.29, 1.82) is 0 Å². The molecule has 1 N–H and O–H groups in total. The molecular formula is C32H32F3NO5. The van der Waals surface area contributed by atoms with Crippen LogP contribution in [0.3, 0.4) is 0 Å². The number of carbonyl (C=O) groups excluding carboxylic acids is 1. The summed E-state index contributed by atoms with van der Waals surface area (Å²) < 4.78 is 55.4. The van der Waals surface area contributed by atoms with Crippen LogP contribution in [0.4, 0.5) is 18.9 Å². The maximum absolute atomic E-state index is 15.5. The number of ether oxygens (including phenoxy) is 2. The Morgan fingerprint density at radius 2 is 1.76 bits per heavy atom. The number of fused-ring (bicyclic) bond motifs is 2. The molecule has 2 heterocycles. The predicted molar refractivity (Wildman–Crippen MR) is 148 cm³/mol. The summed E-state index contributed by atoms with van der Waals surface area (Å²) in [5, 5.41) is 10.3. The number of carboxylic acid groups (broad SMARTS) is 1. The highest BCUT2D eigenvalue weighted by Crippen LogP contribution is 2.48. The molecule has 5 rings (SSSR count). The van der Waals surface area contributed by atoms with Gasteiger partial charge in [0.2, 0.25) is 0 Å². The quantitative estimate of drug-likeness (QED) is 0.365. The molecule has 0 unspecified atom stereocenters. The van der Waals surface area contributed by atoms with Crippen molar-refractivity contribution in [2.75, 3.05) is 18.1 Å². The summed E-state index contributed by atoms with van der Waals surface area (Å²) in [5.41, 5.74) is 3.32. The van der Waals surface area contributed by atoms with Crippen LogP contribution in [0, 0.1) is 31.3 Å². The summed E-state index contributed by atoms with van der Waals surface area (Å²) in [7, 11) is 0. The van der Waals surface area contributed by atoms with Gasteiger partial charge in [0.05, 0.1) is 17.8 Å². The van der Waals surface area contributed by atoms with E-state index in [1.807, 2.05) is 6.92 Å². The Morgan fingerprint density at radius 3 is 2.41 bits per heavy atom. The molecule has 216 valence electrons. The highest BCUT2D eigenvalue weighted by molar-refractivity contribution is 6.08. The van der Waals surface area contributed by atoms with Gasteiger partial charge in [-0.15, -0.1) is 0 Å². The van der Waals surface area contributed by atoms with E-state index < -0.39 is 41.0 Å². The highest BCUT2D eigenvalue weighted by atomic mass is 19.1. The van der Waals surface area contributed by atoms with Crippen molar-refractivity contribution >= 4 is 17.6 Å². The fraction of sp³-hybridized carbons (Fsp3) is 0.375. The lowest BCUT2D eigenvalue weighted by atomic mass is 9.83. The van der Waals surface area contributed by atoms with E-state index in [4.69, 9.17) is 9.47 Å². The first kappa shape index (κ1) is 28.7. The number of nitrogens with zero attached hydrogens (tertiary/aromatic N) is 1. The molecule has 0 aromatic heterocycles. The van der Waals surface area contributed by atoms with Crippen molar-refractivity contribution in [2.45, 2.75) is 65.6 Å². The number of aryl methyl sites for hydroxylation is 1. The number of hydrogen-bond acceptors (Lipinski definition) is 4. The van der Waals surface area contributed by atoms with E-state index in [2.05, 4.69) is 0 Å². The summed E-state index contributed by atoms with van der Waals surface area (Å²) in [6.45, 7) is 9.42. The molecule has 0 spiro atoms. The van der Waals surface area contributed by atoms with Crippen molar-refractivity contribution in [1.82, 2.24) is 0 Å². The molecule has 1 amide bonds. The molecule has 0 aliphatic carbocycles. The first-order valence-corrected chi connectivity index (χ1v) is 13.6. The lowest BCUT2D eigenvalue weighted by molar-refractivity contribution is -0.160. The SMILES string of the molecule is Cc1cc2c(c(-c3cc(F)c4c(c3C)CCCO4)c1[C@H](OC(C)(C)C)C(=O)O)CCN2C(=O)c1ccc(F)cc1F. The first-order chi connectivity index (χ1) is 19.3. The van der Waals surface area contributed by atoms with Crippen LogP contribution in [0.2, 0.25) is 0 Å². The zero-order valence-electron chi connectivity index (χ0n) is 23.7. The van der Waals surface area contributed by atoms with Crippen LogP contribution in [0.15, 0.2) is 30.3 Å². The van der Waals surface area contributed by atoms with Crippen molar-refractivity contribution in [3.05, 3.63) is 81.2 Å². The number of carboxylic acids is 1. The molecule has 6 nitrogen and oxygen atoms in total. The van der Waals surface area contributed by atoms with Crippen LogP contribution >= 0.6 is 0 Å². The Hall–Kier alpha value is -3.85. The lowest BCUT2D eigenvalue weighted by Crippen LogP contribution is -2.30. The van der Waals surface area contributed by atoms with Gasteiger partial charge < -0.3 is 19.5 Å². The zero-order chi connectivity index (χ0) is 29.8. The molecule has 3 aromatic rings. The van der Waals surface area contributed by atoms with Crippen molar-refractivity contribution in [2.24, 2.45) is 0 Å². The maximum Gasteiger partial charge on any atom is 0.337 e. The molecule has 9 heteroatoms. The first-order valence-electron chi connectivity index (χ1n) is 13.6. The fourth-order valence-electron chi connectivity index (χ4n) is 5.86. The van der Waals surface area contributed by atoms with Gasteiger partial charge in [0.25, 0.3) is 5.91 Å². The average molecular weight is 568 g/mol. The van der Waals surface area contributed by atoms with E-state index >= 15 is 4.39 Å². The molecule has 2 aliphatic rings. The summed E-state index contributed by atoms with van der Waals surface area (Å²) in [6, 6.07) is 5.84. The highest BCUT2D eigenvalue weighted by Gasteiger charge is 2.37. The van der Waals surface area contributed by atoms with Gasteiger partial charge in [0, 0.05) is 29.4 Å². The van der Waals surface area contributed by atoms with Crippen LogP contribution in [0.1, 0.15) is 71.5 Å². The second kappa shape index (κ2) is 10.5. The monoisotopic (exact) mass is 567 g/mol. The third kappa shape index (κ3) is 5.19. The molecule has 41 heavy (non-hydrogen) atoms. The molecule has 3 aromatic carbocycles. The molecule has 2 aliphatic heterocycles. The van der Waals surface area contributed by atoms with Gasteiger partial charge >= 0.3 is 5.97 Å². The molecule has 0 radical (unpaired) electrons. The molecular weight excluding hydrogens is 535 g/mol. The normalized spacial score (nSPS) is 15.3. The third-order valence-electron chi connectivity index (χ3n) is 7.60. The minimum absolute atomic E-state index is 0.175. The van der Waals surface area contributed by atoms with Crippen molar-refractivity contribution in [3.8, 4) is 16.9 Å². The lowest BCUT2D eigenvalue weighted by Gasteiger charge is -2.30. The smallest absolute Gasteiger partial charge is 0.337 e. The second-order valence-electron chi connectivity index (χ2n) is 11.5. The summed E-state index contributed by atoms with van der Waals surface area (Å²) in [4.78, 5) is 27.6. The minimum atomic E-state index is -1.38. The van der Waals surface area contributed by atoms with Gasteiger partial charge in [-0.1, -0.05) is 0 Å². The minimum Gasteiger partial charge on any atom is -0.490 e. The van der Waals surface area contributed by atoms with E-state index in [9.17, 15) is 23.5 Å². The van der Waals surface area contributed by atoms with Crippen LogP contribution < -0.4 is 9.64 Å². The largest absolute Gasteiger partial charge is 0.490 e. The standard InChI is InChI=1S/C32H32F3NO5/c1-16-13-25-21(10-11-36(25)30(37)20-9-8-18(33)14-23(20)34)27(26(16)29(31(38)39)41-32(3,4)5)22-15-24(35)28-19(17(22)2)7-6-12-40-28/h8-9,13-15,29H,6-7,10-12H2,1-5H3,(H,38,39)/t29-/m0/s1. The Balaban J connectivity index is 1.78. The predicted octanol–water partition coefficient (Wildman–Crippen LogP) is 6.86. The number of anilines is 1. The van der Waals surface area contributed by atoms with Crippen LogP contribution in [0.25, 0.3) is 11.1 Å². The average Bonchev–Trinajstić information content (AvgIpc) is 3.31. The summed E-state index contributed by atoms with van der Waals surface area (Å²) >= 11 is 0. The molecule has 1 atom stereocenters. The number of rotatable bonds is 5. The summed E-state index contributed by atoms with van der Waals surface area (Å²) in [6.07, 6.45) is 0.240. The fourth-order valence-corrected chi connectivity index (χ4v) is 5.86. The number of aliphatic carboxylic acids is 1. The topological polar surface area (TPSA) is 76.1 Å². The van der Waals surface area contributed by atoms with Gasteiger partial charge in [-0.05, 0) is 106 Å². The second-order valence-corrected chi connectivity index (χ2v) is 11.5. The van der Waals surface area contributed by atoms with Crippen LogP contribution in [-0.2, 0) is 22.4 Å². The van der Waals surface area contributed by atoms with E-state index in [-0.39, 0.29) is 17.9 Å². The summed E-state index contributed by atoms with van der Waals surface area (Å²) in [5.74, 6) is -3.98. The van der Waals surface area contributed by atoms with Crippen molar-refractivity contribution in [3.63, 3.8) is 0 Å². The number of hydrogen-bond donors (Lipinski definition) is 1. The molecule has 0 saturated carbocycles. The zero-order valence-corrected chi connectivity index (χ0v) is 23.7. The van der Waals surface area contributed by atoms with E-state index in [1.54, 1.807) is 33.8 Å². The van der Waals surface area contributed by atoms with Gasteiger partial charge in [-0.3, -0.25) is 4.79 Å². The third-order valence-corrected chi connectivity index (χ3v) is 7.60. The maximum atomic E-state index is 15.5. The Morgan fingerprint density at radius 1 is 1.02 bits per heavy atom. The number of halogens is 3. The Labute approximate surface area is 236 Å². The van der Waals surface area contributed by atoms with Gasteiger partial charge in [-0.2, -0.15) is 0 Å². The molecule has 0 saturated heterocycles. The number of carbonyl (C=O) groups is 2. The van der Waals surface area contributed by atoms with Gasteiger partial charge in [0.15, 0.2) is 17.7 Å². The van der Waals surface area contributed by atoms with Crippen LogP contribution in [-0.4, -0.2) is 35.7 Å². The van der Waals surface area contributed by atoms with E-state index in [0.717, 1.165) is 23.3 Å². The Kier molecular flexibility index (Phi) is 7.36.